The van der Waals surface area contributed by atoms with Crippen molar-refractivity contribution in [3.05, 3.63) is 34.3 Å². The molecular formula is C14H22ClN3O2. The van der Waals surface area contributed by atoms with Crippen LogP contribution in [0.2, 0.25) is 5.02 Å². The van der Waals surface area contributed by atoms with Crippen LogP contribution in [0.25, 0.3) is 0 Å². The van der Waals surface area contributed by atoms with Crippen molar-refractivity contribution >= 4 is 17.4 Å². The number of methoxy groups -OCH3 is 1. The molecule has 0 atom stereocenters. The van der Waals surface area contributed by atoms with Gasteiger partial charge in [-0.3, -0.25) is 4.90 Å². The topological polar surface area (TPSA) is 71.1 Å². The maximum Gasteiger partial charge on any atom is 0.170 e. The second kappa shape index (κ2) is 8.09. The Bertz CT molecular complexity index is 464. The molecule has 0 aliphatic carbocycles. The van der Waals surface area contributed by atoms with Gasteiger partial charge in [-0.2, -0.15) is 0 Å². The Hall–Kier alpha value is -1.30. The molecule has 1 rings (SSSR count). The largest absolute Gasteiger partial charge is 0.409 e. The molecule has 0 spiro atoms. The fourth-order valence-electron chi connectivity index (χ4n) is 1.84. The van der Waals surface area contributed by atoms with Crippen molar-refractivity contribution in [2.75, 3.05) is 20.3 Å². The summed E-state index contributed by atoms with van der Waals surface area (Å²) >= 11 is 6.26. The third kappa shape index (κ3) is 4.67. The lowest BCUT2D eigenvalue weighted by Gasteiger charge is -2.26. The quantitative estimate of drug-likeness (QED) is 0.351. The van der Waals surface area contributed by atoms with Gasteiger partial charge in [0.15, 0.2) is 5.84 Å². The molecule has 3 N–H and O–H groups in total. The Morgan fingerprint density at radius 2 is 2.20 bits per heavy atom. The average molecular weight is 300 g/mol. The Morgan fingerprint density at radius 1 is 1.50 bits per heavy atom. The number of ether oxygens (including phenoxy) is 1. The fourth-order valence-corrected chi connectivity index (χ4v) is 2.08. The standard InChI is InChI=1S/C14H22ClN3O2/c1-10(2)18(6-7-20-3)9-12-5-4-11(8-13(12)15)14(16)17-19/h4-5,8,10,19H,6-7,9H2,1-3H3,(H2,16,17). The summed E-state index contributed by atoms with van der Waals surface area (Å²) in [6, 6.07) is 5.80. The molecule has 20 heavy (non-hydrogen) atoms. The minimum absolute atomic E-state index is 0.0542. The van der Waals surface area contributed by atoms with Gasteiger partial charge in [0.05, 0.1) is 6.61 Å². The van der Waals surface area contributed by atoms with Gasteiger partial charge in [0.25, 0.3) is 0 Å². The molecule has 0 aromatic heterocycles. The van der Waals surface area contributed by atoms with Gasteiger partial charge in [-0.05, 0) is 25.5 Å². The van der Waals surface area contributed by atoms with Gasteiger partial charge in [0, 0.05) is 36.8 Å². The highest BCUT2D eigenvalue weighted by Crippen LogP contribution is 2.20. The van der Waals surface area contributed by atoms with E-state index in [2.05, 4.69) is 23.9 Å². The zero-order valence-corrected chi connectivity index (χ0v) is 12.9. The van der Waals surface area contributed by atoms with Gasteiger partial charge in [-0.1, -0.05) is 28.9 Å². The normalized spacial score (nSPS) is 12.4. The zero-order chi connectivity index (χ0) is 15.1. The van der Waals surface area contributed by atoms with Gasteiger partial charge >= 0.3 is 0 Å². The molecule has 0 amide bonds. The zero-order valence-electron chi connectivity index (χ0n) is 12.1. The summed E-state index contributed by atoms with van der Waals surface area (Å²) in [7, 11) is 1.69. The second-order valence-electron chi connectivity index (χ2n) is 4.85. The minimum Gasteiger partial charge on any atom is -0.409 e. The molecule has 0 aliphatic heterocycles. The van der Waals surface area contributed by atoms with Crippen LogP contribution in [0.5, 0.6) is 0 Å². The van der Waals surface area contributed by atoms with Crippen molar-refractivity contribution in [2.45, 2.75) is 26.4 Å². The summed E-state index contributed by atoms with van der Waals surface area (Å²) in [6.07, 6.45) is 0. The predicted octanol–water partition coefficient (Wildman–Crippen LogP) is 2.29. The van der Waals surface area contributed by atoms with Crippen LogP contribution in [-0.4, -0.2) is 42.2 Å². The first kappa shape index (κ1) is 16.8. The highest BCUT2D eigenvalue weighted by atomic mass is 35.5. The lowest BCUT2D eigenvalue weighted by atomic mass is 10.1. The lowest BCUT2D eigenvalue weighted by Crippen LogP contribution is -2.33. The third-order valence-corrected chi connectivity index (χ3v) is 3.49. The number of hydrogen-bond acceptors (Lipinski definition) is 4. The SMILES string of the molecule is COCCN(Cc1ccc(/C(N)=N/O)cc1Cl)C(C)C. The first-order chi connectivity index (χ1) is 9.49. The molecule has 0 saturated carbocycles. The molecule has 0 saturated heterocycles. The molecule has 0 radical (unpaired) electrons. The van der Waals surface area contributed by atoms with E-state index in [9.17, 15) is 0 Å². The van der Waals surface area contributed by atoms with Gasteiger partial charge in [-0.15, -0.1) is 0 Å². The molecule has 6 heteroatoms. The van der Waals surface area contributed by atoms with E-state index in [-0.39, 0.29) is 5.84 Å². The molecule has 0 unspecified atom stereocenters. The fraction of sp³-hybridized carbons (Fsp3) is 0.500. The first-order valence-electron chi connectivity index (χ1n) is 6.49. The summed E-state index contributed by atoms with van der Waals surface area (Å²) in [4.78, 5) is 2.27. The summed E-state index contributed by atoms with van der Waals surface area (Å²) in [6.45, 7) is 6.52. The molecule has 5 nitrogen and oxygen atoms in total. The van der Waals surface area contributed by atoms with Crippen molar-refractivity contribution in [1.82, 2.24) is 4.90 Å². The van der Waals surface area contributed by atoms with E-state index in [4.69, 9.17) is 27.3 Å². The Labute approximate surface area is 125 Å². The molecule has 0 bridgehead atoms. The Kier molecular flexibility index (Phi) is 6.78. The van der Waals surface area contributed by atoms with Crippen molar-refractivity contribution in [2.24, 2.45) is 10.9 Å². The molecule has 1 aromatic carbocycles. The molecule has 112 valence electrons. The van der Waals surface area contributed by atoms with Crippen LogP contribution < -0.4 is 5.73 Å². The summed E-state index contributed by atoms with van der Waals surface area (Å²) in [5, 5.41) is 12.2. The van der Waals surface area contributed by atoms with Gasteiger partial charge in [-0.25, -0.2) is 0 Å². The average Bonchev–Trinajstić information content (AvgIpc) is 2.43. The maximum absolute atomic E-state index is 8.66. The summed E-state index contributed by atoms with van der Waals surface area (Å²) in [5.41, 5.74) is 7.15. The van der Waals surface area contributed by atoms with Crippen LogP contribution in [0.1, 0.15) is 25.0 Å². The van der Waals surface area contributed by atoms with Crippen LogP contribution in [-0.2, 0) is 11.3 Å². The number of benzene rings is 1. The number of oxime groups is 1. The van der Waals surface area contributed by atoms with Crippen molar-refractivity contribution < 1.29 is 9.94 Å². The molecule has 0 fully saturated rings. The van der Waals surface area contributed by atoms with Crippen LogP contribution in [0.3, 0.4) is 0 Å². The van der Waals surface area contributed by atoms with E-state index in [1.54, 1.807) is 19.2 Å². The first-order valence-corrected chi connectivity index (χ1v) is 6.86. The number of rotatable bonds is 7. The highest BCUT2D eigenvalue weighted by Gasteiger charge is 2.12. The molecule has 1 aromatic rings. The van der Waals surface area contributed by atoms with E-state index >= 15 is 0 Å². The van der Waals surface area contributed by atoms with Gasteiger partial charge in [0.2, 0.25) is 0 Å². The van der Waals surface area contributed by atoms with Crippen LogP contribution >= 0.6 is 11.6 Å². The van der Waals surface area contributed by atoms with Crippen molar-refractivity contribution in [1.29, 1.82) is 0 Å². The van der Waals surface area contributed by atoms with Crippen LogP contribution in [0.15, 0.2) is 23.4 Å². The Balaban J connectivity index is 2.85. The highest BCUT2D eigenvalue weighted by molar-refractivity contribution is 6.31. The number of nitrogens with zero attached hydrogens (tertiary/aromatic N) is 2. The van der Waals surface area contributed by atoms with E-state index in [1.807, 2.05) is 6.07 Å². The number of amidine groups is 1. The predicted molar refractivity (Wildman–Crippen MR) is 81.4 cm³/mol. The van der Waals surface area contributed by atoms with Gasteiger partial charge in [0.1, 0.15) is 0 Å². The monoisotopic (exact) mass is 299 g/mol. The summed E-state index contributed by atoms with van der Waals surface area (Å²) < 4.78 is 5.12. The second-order valence-corrected chi connectivity index (χ2v) is 5.26. The summed E-state index contributed by atoms with van der Waals surface area (Å²) in [5.74, 6) is 0.0542. The van der Waals surface area contributed by atoms with E-state index in [1.165, 1.54) is 0 Å². The van der Waals surface area contributed by atoms with E-state index in [0.29, 0.717) is 23.2 Å². The smallest absolute Gasteiger partial charge is 0.170 e. The number of halogens is 1. The van der Waals surface area contributed by atoms with Crippen LogP contribution in [0, 0.1) is 0 Å². The molecule has 0 heterocycles. The Morgan fingerprint density at radius 3 is 2.70 bits per heavy atom. The molecule has 0 aliphatic rings. The van der Waals surface area contributed by atoms with E-state index in [0.717, 1.165) is 18.7 Å². The van der Waals surface area contributed by atoms with E-state index < -0.39 is 0 Å². The maximum atomic E-state index is 8.66. The van der Waals surface area contributed by atoms with Crippen molar-refractivity contribution in [3.8, 4) is 0 Å². The lowest BCUT2D eigenvalue weighted by molar-refractivity contribution is 0.125. The van der Waals surface area contributed by atoms with Gasteiger partial charge < -0.3 is 15.7 Å². The van der Waals surface area contributed by atoms with Crippen molar-refractivity contribution in [3.63, 3.8) is 0 Å². The number of hydrogen-bond donors (Lipinski definition) is 2. The number of nitrogens with two attached hydrogens (primary N) is 1. The minimum atomic E-state index is 0.0542. The van der Waals surface area contributed by atoms with Crippen LogP contribution in [0.4, 0.5) is 0 Å². The third-order valence-electron chi connectivity index (χ3n) is 3.14. The molecular weight excluding hydrogens is 278 g/mol.